The molecule has 1 N–H and O–H groups in total. The van der Waals surface area contributed by atoms with Crippen LogP contribution in [0.2, 0.25) is 0 Å². The number of nitrogens with zero attached hydrogens (tertiary/aromatic N) is 1. The van der Waals surface area contributed by atoms with Crippen molar-refractivity contribution in [2.75, 3.05) is 6.61 Å². The van der Waals surface area contributed by atoms with E-state index in [0.29, 0.717) is 11.0 Å². The first-order valence-corrected chi connectivity index (χ1v) is 5.66. The zero-order valence-electron chi connectivity index (χ0n) is 10.2. The van der Waals surface area contributed by atoms with Crippen LogP contribution in [0.15, 0.2) is 34.3 Å². The normalized spacial score (nSPS) is 11.3. The largest absolute Gasteiger partial charge is 0.504 e. The van der Waals surface area contributed by atoms with Gasteiger partial charge in [-0.3, -0.25) is 0 Å². The number of benzene rings is 1. The van der Waals surface area contributed by atoms with Gasteiger partial charge in [-0.2, -0.15) is 5.26 Å². The minimum Gasteiger partial charge on any atom is -0.504 e. The Morgan fingerprint density at radius 2 is 2.26 bits per heavy atom. The second-order valence-corrected chi connectivity index (χ2v) is 3.70. The monoisotopic (exact) mass is 257 g/mol. The lowest BCUT2D eigenvalue weighted by Crippen LogP contribution is -2.05. The number of carbonyl (C=O) groups excluding carboxylic acids is 1. The minimum absolute atomic E-state index is 0.0609. The highest BCUT2D eigenvalue weighted by molar-refractivity contribution is 5.99. The van der Waals surface area contributed by atoms with Gasteiger partial charge in [0.15, 0.2) is 11.5 Å². The maximum absolute atomic E-state index is 11.5. The average molecular weight is 257 g/mol. The van der Waals surface area contributed by atoms with Crippen molar-refractivity contribution in [1.29, 1.82) is 5.26 Å². The van der Waals surface area contributed by atoms with Gasteiger partial charge < -0.3 is 14.3 Å². The molecule has 2 aromatic rings. The summed E-state index contributed by atoms with van der Waals surface area (Å²) < 4.78 is 10.1. The average Bonchev–Trinajstić information content (AvgIpc) is 2.73. The summed E-state index contributed by atoms with van der Waals surface area (Å²) in [7, 11) is 0. The number of aromatic hydroxyl groups is 1. The van der Waals surface area contributed by atoms with Gasteiger partial charge in [0.1, 0.15) is 17.2 Å². The van der Waals surface area contributed by atoms with Gasteiger partial charge in [-0.15, -0.1) is 0 Å². The first-order valence-electron chi connectivity index (χ1n) is 5.66. The predicted octanol–water partition coefficient (Wildman–Crippen LogP) is 2.61. The summed E-state index contributed by atoms with van der Waals surface area (Å²) >= 11 is 0. The molecule has 0 aliphatic carbocycles. The Morgan fingerprint density at radius 3 is 2.89 bits per heavy atom. The predicted molar refractivity (Wildman–Crippen MR) is 68.1 cm³/mol. The van der Waals surface area contributed by atoms with E-state index in [2.05, 4.69) is 0 Å². The van der Waals surface area contributed by atoms with E-state index in [1.54, 1.807) is 37.3 Å². The molecule has 0 unspecified atom stereocenters. The first kappa shape index (κ1) is 12.7. The van der Waals surface area contributed by atoms with Crippen molar-refractivity contribution in [2.45, 2.75) is 6.92 Å². The molecule has 1 aromatic heterocycles. The molecule has 0 amide bonds. The van der Waals surface area contributed by atoms with Gasteiger partial charge in [0, 0.05) is 6.08 Å². The second-order valence-electron chi connectivity index (χ2n) is 3.70. The molecule has 1 aromatic carbocycles. The molecule has 5 nitrogen and oxygen atoms in total. The fourth-order valence-electron chi connectivity index (χ4n) is 1.63. The minimum atomic E-state index is -0.746. The van der Waals surface area contributed by atoms with E-state index in [1.807, 2.05) is 0 Å². The molecule has 0 atom stereocenters. The van der Waals surface area contributed by atoms with Crippen LogP contribution in [-0.2, 0) is 9.53 Å². The number of hydrogen-bond acceptors (Lipinski definition) is 5. The van der Waals surface area contributed by atoms with Gasteiger partial charge in [-0.25, -0.2) is 4.79 Å². The van der Waals surface area contributed by atoms with Gasteiger partial charge in [0.05, 0.1) is 12.0 Å². The number of nitriles is 1. The number of ether oxygens (including phenoxy) is 1. The molecule has 0 radical (unpaired) electrons. The summed E-state index contributed by atoms with van der Waals surface area (Å²) in [5, 5.41) is 19.4. The molecule has 19 heavy (non-hydrogen) atoms. The van der Waals surface area contributed by atoms with Crippen molar-refractivity contribution in [3.8, 4) is 11.8 Å². The molecule has 0 aliphatic rings. The number of carbonyl (C=O) groups is 1. The molecule has 0 aliphatic heterocycles. The Bertz CT molecular complexity index is 691. The van der Waals surface area contributed by atoms with E-state index < -0.39 is 5.97 Å². The smallest absolute Gasteiger partial charge is 0.349 e. The number of para-hydroxylation sites is 1. The lowest BCUT2D eigenvalue weighted by molar-refractivity contribution is -0.137. The summed E-state index contributed by atoms with van der Waals surface area (Å²) in [5.74, 6) is -0.789. The summed E-state index contributed by atoms with van der Waals surface area (Å²) in [4.78, 5) is 11.5. The van der Waals surface area contributed by atoms with Crippen LogP contribution < -0.4 is 0 Å². The Labute approximate surface area is 109 Å². The van der Waals surface area contributed by atoms with Crippen LogP contribution in [0.5, 0.6) is 5.75 Å². The third-order valence-corrected chi connectivity index (χ3v) is 2.49. The van der Waals surface area contributed by atoms with E-state index in [-0.39, 0.29) is 23.7 Å². The van der Waals surface area contributed by atoms with Gasteiger partial charge >= 0.3 is 5.97 Å². The van der Waals surface area contributed by atoms with Gasteiger partial charge in [0.25, 0.3) is 0 Å². The molecular weight excluding hydrogens is 246 g/mol. The molecule has 0 fully saturated rings. The molecule has 5 heteroatoms. The molecule has 1 heterocycles. The SMILES string of the molecule is CCOC(=O)/C(C#N)=C/c1oc2ccccc2c1O. The van der Waals surface area contributed by atoms with Crippen LogP contribution in [0, 0.1) is 11.3 Å². The van der Waals surface area contributed by atoms with Gasteiger partial charge in [-0.1, -0.05) is 12.1 Å². The van der Waals surface area contributed by atoms with Crippen LogP contribution in [0.25, 0.3) is 17.0 Å². The quantitative estimate of drug-likeness (QED) is 0.519. The maximum Gasteiger partial charge on any atom is 0.349 e. The number of fused-ring (bicyclic) bond motifs is 1. The van der Waals surface area contributed by atoms with E-state index in [1.165, 1.54) is 6.08 Å². The highest BCUT2D eigenvalue weighted by atomic mass is 16.5. The Hall–Kier alpha value is -2.74. The van der Waals surface area contributed by atoms with Crippen LogP contribution >= 0.6 is 0 Å². The molecule has 0 bridgehead atoms. The topological polar surface area (TPSA) is 83.5 Å². The van der Waals surface area contributed by atoms with Crippen molar-refractivity contribution in [2.24, 2.45) is 0 Å². The zero-order chi connectivity index (χ0) is 13.8. The van der Waals surface area contributed by atoms with Crippen LogP contribution in [0.1, 0.15) is 12.7 Å². The van der Waals surface area contributed by atoms with Crippen molar-refractivity contribution < 1.29 is 19.1 Å². The fraction of sp³-hybridized carbons (Fsp3) is 0.143. The molecular formula is C14H11NO4. The number of hydrogen-bond donors (Lipinski definition) is 1. The van der Waals surface area contributed by atoms with E-state index >= 15 is 0 Å². The van der Waals surface area contributed by atoms with Crippen molar-refractivity contribution in [3.63, 3.8) is 0 Å². The van der Waals surface area contributed by atoms with Crippen LogP contribution in [0.3, 0.4) is 0 Å². The Morgan fingerprint density at radius 1 is 1.53 bits per heavy atom. The lowest BCUT2D eigenvalue weighted by Gasteiger charge is -1.98. The summed E-state index contributed by atoms with van der Waals surface area (Å²) in [6, 6.07) is 8.60. The number of esters is 1. The van der Waals surface area contributed by atoms with Crippen molar-refractivity contribution in [3.05, 3.63) is 35.6 Å². The van der Waals surface area contributed by atoms with E-state index in [4.69, 9.17) is 14.4 Å². The van der Waals surface area contributed by atoms with Crippen molar-refractivity contribution in [1.82, 2.24) is 0 Å². The number of furan rings is 1. The maximum atomic E-state index is 11.5. The van der Waals surface area contributed by atoms with Gasteiger partial charge in [0.2, 0.25) is 0 Å². The third-order valence-electron chi connectivity index (χ3n) is 2.49. The summed E-state index contributed by atoms with van der Waals surface area (Å²) in [6.07, 6.45) is 1.17. The lowest BCUT2D eigenvalue weighted by atomic mass is 10.2. The van der Waals surface area contributed by atoms with Crippen LogP contribution in [0.4, 0.5) is 0 Å². The highest BCUT2D eigenvalue weighted by Crippen LogP contribution is 2.33. The highest BCUT2D eigenvalue weighted by Gasteiger charge is 2.15. The van der Waals surface area contributed by atoms with E-state index in [9.17, 15) is 9.90 Å². The van der Waals surface area contributed by atoms with E-state index in [0.717, 1.165) is 0 Å². The zero-order valence-corrected chi connectivity index (χ0v) is 10.2. The Kier molecular flexibility index (Phi) is 3.53. The van der Waals surface area contributed by atoms with Crippen LogP contribution in [-0.4, -0.2) is 17.7 Å². The fourth-order valence-corrected chi connectivity index (χ4v) is 1.63. The second kappa shape index (κ2) is 5.27. The summed E-state index contributed by atoms with van der Waals surface area (Å²) in [5.41, 5.74) is 0.253. The molecule has 2 rings (SSSR count). The van der Waals surface area contributed by atoms with Gasteiger partial charge in [-0.05, 0) is 19.1 Å². The first-order chi connectivity index (χ1) is 9.17. The molecule has 96 valence electrons. The molecule has 0 saturated heterocycles. The number of rotatable bonds is 3. The van der Waals surface area contributed by atoms with Crippen molar-refractivity contribution >= 4 is 23.0 Å². The Balaban J connectivity index is 2.47. The molecule has 0 spiro atoms. The summed E-state index contributed by atoms with van der Waals surface area (Å²) in [6.45, 7) is 1.82. The molecule has 0 saturated carbocycles. The third kappa shape index (κ3) is 2.43. The standard InChI is InChI=1S/C14H11NO4/c1-2-18-14(17)9(8-15)7-12-13(16)10-5-3-4-6-11(10)19-12/h3-7,16H,2H2,1H3/b9-7+.